The van der Waals surface area contributed by atoms with E-state index in [1.165, 1.54) is 19.3 Å². The Morgan fingerprint density at radius 2 is 2.00 bits per heavy atom. The van der Waals surface area contributed by atoms with Gasteiger partial charge in [0.05, 0.1) is 23.2 Å². The second kappa shape index (κ2) is 7.15. The van der Waals surface area contributed by atoms with Gasteiger partial charge in [-0.3, -0.25) is 14.3 Å². The lowest BCUT2D eigenvalue weighted by molar-refractivity contribution is -0.147. The lowest BCUT2D eigenvalue weighted by atomic mass is 9.90. The number of hydrogen-bond acceptors (Lipinski definition) is 3. The Labute approximate surface area is 137 Å². The molecule has 0 atom stereocenters. The van der Waals surface area contributed by atoms with Crippen molar-refractivity contribution in [2.75, 3.05) is 6.54 Å². The third kappa shape index (κ3) is 4.12. The molecular formula is C17H27N3O3. The van der Waals surface area contributed by atoms with Crippen LogP contribution in [0.4, 0.5) is 0 Å². The van der Waals surface area contributed by atoms with E-state index in [0.717, 1.165) is 18.5 Å². The van der Waals surface area contributed by atoms with Crippen LogP contribution < -0.4 is 5.32 Å². The predicted molar refractivity (Wildman–Crippen MR) is 87.5 cm³/mol. The van der Waals surface area contributed by atoms with Gasteiger partial charge in [-0.15, -0.1) is 0 Å². The minimum Gasteiger partial charge on any atom is -0.481 e. The lowest BCUT2D eigenvalue weighted by Gasteiger charge is -2.23. The van der Waals surface area contributed by atoms with Crippen molar-refractivity contribution < 1.29 is 14.7 Å². The molecule has 0 aromatic carbocycles. The molecule has 2 N–H and O–H groups in total. The van der Waals surface area contributed by atoms with Crippen molar-refractivity contribution in [1.29, 1.82) is 0 Å². The molecule has 1 amide bonds. The molecule has 1 saturated carbocycles. The molecule has 1 heterocycles. The van der Waals surface area contributed by atoms with Gasteiger partial charge in [-0.1, -0.05) is 19.3 Å². The van der Waals surface area contributed by atoms with Gasteiger partial charge < -0.3 is 10.4 Å². The van der Waals surface area contributed by atoms with E-state index >= 15 is 0 Å². The molecule has 0 unspecified atom stereocenters. The summed E-state index contributed by atoms with van der Waals surface area (Å²) in [6.45, 7) is 5.59. The quantitative estimate of drug-likeness (QED) is 0.843. The van der Waals surface area contributed by atoms with E-state index in [9.17, 15) is 9.59 Å². The number of aliphatic carboxylic acids is 1. The fourth-order valence-electron chi connectivity index (χ4n) is 3.03. The van der Waals surface area contributed by atoms with Gasteiger partial charge in [0.25, 0.3) is 5.91 Å². The highest BCUT2D eigenvalue weighted by molar-refractivity contribution is 5.95. The van der Waals surface area contributed by atoms with E-state index in [0.29, 0.717) is 24.6 Å². The fourth-order valence-corrected chi connectivity index (χ4v) is 3.03. The van der Waals surface area contributed by atoms with Crippen LogP contribution in [0.15, 0.2) is 6.20 Å². The van der Waals surface area contributed by atoms with Crippen molar-refractivity contribution in [1.82, 2.24) is 15.1 Å². The molecule has 1 aromatic rings. The Morgan fingerprint density at radius 1 is 1.35 bits per heavy atom. The molecule has 0 radical (unpaired) electrons. The van der Waals surface area contributed by atoms with Crippen LogP contribution in [-0.2, 0) is 4.79 Å². The number of carbonyl (C=O) groups excluding carboxylic acids is 1. The van der Waals surface area contributed by atoms with E-state index in [1.54, 1.807) is 20.0 Å². The summed E-state index contributed by atoms with van der Waals surface area (Å²) in [5, 5.41) is 16.3. The van der Waals surface area contributed by atoms with Gasteiger partial charge in [0.15, 0.2) is 0 Å². The number of carbonyl (C=O) groups is 2. The Morgan fingerprint density at radius 3 is 2.61 bits per heavy atom. The van der Waals surface area contributed by atoms with Gasteiger partial charge >= 0.3 is 5.97 Å². The van der Waals surface area contributed by atoms with E-state index in [-0.39, 0.29) is 5.91 Å². The smallest absolute Gasteiger partial charge is 0.309 e. The van der Waals surface area contributed by atoms with Gasteiger partial charge in [-0.2, -0.15) is 5.10 Å². The maximum Gasteiger partial charge on any atom is 0.309 e. The molecule has 0 spiro atoms. The largest absolute Gasteiger partial charge is 0.481 e. The summed E-state index contributed by atoms with van der Waals surface area (Å²) in [7, 11) is 0. The van der Waals surface area contributed by atoms with Crippen LogP contribution in [0.25, 0.3) is 0 Å². The van der Waals surface area contributed by atoms with Crippen LogP contribution in [0.3, 0.4) is 0 Å². The van der Waals surface area contributed by atoms with Crippen LogP contribution >= 0.6 is 0 Å². The first-order chi connectivity index (χ1) is 10.8. The summed E-state index contributed by atoms with van der Waals surface area (Å²) in [6.07, 6.45) is 7.98. The highest BCUT2D eigenvalue weighted by Gasteiger charge is 2.27. The monoisotopic (exact) mass is 321 g/mol. The molecular weight excluding hydrogens is 294 g/mol. The molecule has 23 heavy (non-hydrogen) atoms. The molecule has 0 aliphatic heterocycles. The second-order valence-corrected chi connectivity index (χ2v) is 7.07. The standard InChI is InChI=1S/C17H27N3O3/c1-12-14(11-19-20(12)13-7-5-4-6-8-13)15(21)18-10-9-17(2,3)16(22)23/h11,13H,4-10H2,1-3H3,(H,18,21)(H,22,23). The van der Waals surface area contributed by atoms with Crippen molar-refractivity contribution in [3.8, 4) is 0 Å². The second-order valence-electron chi connectivity index (χ2n) is 7.07. The number of hydrogen-bond donors (Lipinski definition) is 2. The van der Waals surface area contributed by atoms with Gasteiger partial charge in [0.2, 0.25) is 0 Å². The van der Waals surface area contributed by atoms with E-state index in [2.05, 4.69) is 10.4 Å². The van der Waals surface area contributed by atoms with Crippen LogP contribution in [-0.4, -0.2) is 33.3 Å². The van der Waals surface area contributed by atoms with Crippen LogP contribution in [0.2, 0.25) is 0 Å². The Balaban J connectivity index is 1.95. The summed E-state index contributed by atoms with van der Waals surface area (Å²) < 4.78 is 1.98. The molecule has 6 nitrogen and oxygen atoms in total. The number of carboxylic acids is 1. The number of aromatic nitrogens is 2. The molecule has 6 heteroatoms. The maximum atomic E-state index is 12.3. The normalized spacial score (nSPS) is 16.3. The summed E-state index contributed by atoms with van der Waals surface area (Å²) >= 11 is 0. The number of carboxylic acid groups (broad SMARTS) is 1. The number of nitrogens with zero attached hydrogens (tertiary/aromatic N) is 2. The average Bonchev–Trinajstić information content (AvgIpc) is 2.89. The minimum atomic E-state index is -0.854. The van der Waals surface area contributed by atoms with Crippen molar-refractivity contribution in [3.05, 3.63) is 17.5 Å². The van der Waals surface area contributed by atoms with Crippen molar-refractivity contribution in [3.63, 3.8) is 0 Å². The highest BCUT2D eigenvalue weighted by atomic mass is 16.4. The summed E-state index contributed by atoms with van der Waals surface area (Å²) in [4.78, 5) is 23.4. The fraction of sp³-hybridized carbons (Fsp3) is 0.706. The zero-order valence-electron chi connectivity index (χ0n) is 14.3. The first kappa shape index (κ1) is 17.5. The first-order valence-corrected chi connectivity index (χ1v) is 8.38. The Bertz CT molecular complexity index is 572. The molecule has 0 bridgehead atoms. The van der Waals surface area contributed by atoms with Gasteiger partial charge in [-0.05, 0) is 40.0 Å². The molecule has 1 fully saturated rings. The average molecular weight is 321 g/mol. The van der Waals surface area contributed by atoms with Gasteiger partial charge in [0, 0.05) is 12.2 Å². The summed E-state index contributed by atoms with van der Waals surface area (Å²) in [5.74, 6) is -1.03. The highest BCUT2D eigenvalue weighted by Crippen LogP contribution is 2.29. The predicted octanol–water partition coefficient (Wildman–Crippen LogP) is 2.93. The third-order valence-electron chi connectivity index (χ3n) is 4.82. The Kier molecular flexibility index (Phi) is 5.44. The van der Waals surface area contributed by atoms with E-state index in [4.69, 9.17) is 5.11 Å². The molecule has 1 aliphatic carbocycles. The molecule has 128 valence electrons. The molecule has 2 rings (SSSR count). The molecule has 0 saturated heterocycles. The van der Waals surface area contributed by atoms with E-state index < -0.39 is 11.4 Å². The zero-order valence-corrected chi connectivity index (χ0v) is 14.3. The lowest BCUT2D eigenvalue weighted by Crippen LogP contribution is -2.32. The van der Waals surface area contributed by atoms with Crippen molar-refractivity contribution >= 4 is 11.9 Å². The van der Waals surface area contributed by atoms with E-state index in [1.807, 2.05) is 11.6 Å². The van der Waals surface area contributed by atoms with Crippen molar-refractivity contribution in [2.45, 2.75) is 65.3 Å². The molecule has 1 aromatic heterocycles. The molecule has 1 aliphatic rings. The topological polar surface area (TPSA) is 84.2 Å². The first-order valence-electron chi connectivity index (χ1n) is 8.38. The summed E-state index contributed by atoms with van der Waals surface area (Å²) in [6, 6.07) is 0.399. The van der Waals surface area contributed by atoms with Crippen LogP contribution in [0.1, 0.15) is 74.5 Å². The maximum absolute atomic E-state index is 12.3. The van der Waals surface area contributed by atoms with Crippen molar-refractivity contribution in [2.24, 2.45) is 5.41 Å². The van der Waals surface area contributed by atoms with Gasteiger partial charge in [-0.25, -0.2) is 0 Å². The van der Waals surface area contributed by atoms with Crippen LogP contribution in [0, 0.1) is 12.3 Å². The summed E-state index contributed by atoms with van der Waals surface area (Å²) in [5.41, 5.74) is 0.643. The number of amides is 1. The van der Waals surface area contributed by atoms with Gasteiger partial charge in [0.1, 0.15) is 0 Å². The SMILES string of the molecule is Cc1c(C(=O)NCCC(C)(C)C(=O)O)cnn1C1CCCCC1. The zero-order chi connectivity index (χ0) is 17.0. The van der Waals surface area contributed by atoms with Crippen LogP contribution in [0.5, 0.6) is 0 Å². The minimum absolute atomic E-state index is 0.175. The Hall–Kier alpha value is -1.85. The number of nitrogens with one attached hydrogen (secondary N) is 1. The third-order valence-corrected chi connectivity index (χ3v) is 4.82. The number of rotatable bonds is 6.